The van der Waals surface area contributed by atoms with E-state index in [4.69, 9.17) is 4.74 Å². The molecular weight excluding hydrogens is 310 g/mol. The van der Waals surface area contributed by atoms with Crippen LogP contribution in [0.3, 0.4) is 0 Å². The smallest absolute Gasteiger partial charge is 0.338 e. The van der Waals surface area contributed by atoms with Gasteiger partial charge in [-0.3, -0.25) is 4.79 Å². The molecule has 1 saturated carbocycles. The van der Waals surface area contributed by atoms with E-state index < -0.39 is 23.8 Å². The van der Waals surface area contributed by atoms with Crippen LogP contribution in [0.4, 0.5) is 5.69 Å². The average molecular weight is 328 g/mol. The van der Waals surface area contributed by atoms with E-state index in [0.29, 0.717) is 24.3 Å². The summed E-state index contributed by atoms with van der Waals surface area (Å²) in [6, 6.07) is 6.32. The van der Waals surface area contributed by atoms with Gasteiger partial charge in [0.2, 0.25) is 5.91 Å². The van der Waals surface area contributed by atoms with Crippen LogP contribution in [-0.4, -0.2) is 24.5 Å². The quantitative estimate of drug-likeness (QED) is 0.642. The zero-order valence-corrected chi connectivity index (χ0v) is 13.2. The Morgan fingerprint density at radius 2 is 1.75 bits per heavy atom. The Hall–Kier alpha value is -2.63. The molecule has 0 aliphatic heterocycles. The summed E-state index contributed by atoms with van der Waals surface area (Å²) < 4.78 is 4.90. The van der Waals surface area contributed by atoms with Gasteiger partial charge in [0.05, 0.1) is 18.1 Å². The van der Waals surface area contributed by atoms with Crippen molar-refractivity contribution < 1.29 is 24.2 Å². The fourth-order valence-electron chi connectivity index (χ4n) is 3.63. The van der Waals surface area contributed by atoms with E-state index in [0.717, 1.165) is 0 Å². The number of carbonyl (C=O) groups excluding carboxylic acids is 3. The van der Waals surface area contributed by atoms with Gasteiger partial charge in [-0.1, -0.05) is 12.2 Å². The molecule has 1 fully saturated rings. The van der Waals surface area contributed by atoms with E-state index in [9.17, 15) is 19.5 Å². The molecule has 126 valence electrons. The summed E-state index contributed by atoms with van der Waals surface area (Å²) >= 11 is 0. The number of benzene rings is 1. The maximum atomic E-state index is 12.5. The highest BCUT2D eigenvalue weighted by Gasteiger charge is 2.48. The molecule has 6 heteroatoms. The third-order valence-corrected chi connectivity index (χ3v) is 4.70. The Labute approximate surface area is 139 Å². The Bertz CT molecular complexity index is 694. The van der Waals surface area contributed by atoms with Gasteiger partial charge in [0.1, 0.15) is 0 Å². The molecule has 0 heterocycles. The standard InChI is InChI=1S/C18H19NO5/c1-2-24-18(23)10-5-7-13(8-6-10)19-16(20)14-11-3-4-12(9-11)15(14)17(21)22/h3-8,11-12,14-15H,2,9H2,1H3,(H,19,20)(H,21,22)/p-1. The van der Waals surface area contributed by atoms with E-state index in [-0.39, 0.29) is 17.7 Å². The number of amides is 1. The van der Waals surface area contributed by atoms with Crippen LogP contribution < -0.4 is 10.4 Å². The van der Waals surface area contributed by atoms with Crippen LogP contribution in [0.15, 0.2) is 36.4 Å². The molecule has 1 amide bonds. The summed E-state index contributed by atoms with van der Waals surface area (Å²) in [6.07, 6.45) is 4.46. The van der Waals surface area contributed by atoms with Gasteiger partial charge in [0, 0.05) is 17.6 Å². The Balaban J connectivity index is 1.70. The normalized spacial score (nSPS) is 27.0. The highest BCUT2D eigenvalue weighted by Crippen LogP contribution is 2.48. The van der Waals surface area contributed by atoms with Crippen molar-refractivity contribution in [3.8, 4) is 0 Å². The van der Waals surface area contributed by atoms with Crippen LogP contribution in [0.1, 0.15) is 23.7 Å². The summed E-state index contributed by atoms with van der Waals surface area (Å²) in [5, 5.41) is 14.1. The second-order valence-corrected chi connectivity index (χ2v) is 6.11. The summed E-state index contributed by atoms with van der Waals surface area (Å²) in [7, 11) is 0. The molecule has 0 spiro atoms. The lowest BCUT2D eigenvalue weighted by molar-refractivity contribution is -0.313. The van der Waals surface area contributed by atoms with Gasteiger partial charge in [0.25, 0.3) is 0 Å². The number of carbonyl (C=O) groups is 3. The second kappa shape index (κ2) is 6.47. The minimum Gasteiger partial charge on any atom is -0.550 e. The number of rotatable bonds is 5. The molecule has 2 aliphatic carbocycles. The predicted molar refractivity (Wildman–Crippen MR) is 83.8 cm³/mol. The predicted octanol–water partition coefficient (Wildman–Crippen LogP) is 0.990. The van der Waals surface area contributed by atoms with Crippen LogP contribution in [-0.2, 0) is 14.3 Å². The monoisotopic (exact) mass is 328 g/mol. The van der Waals surface area contributed by atoms with Crippen LogP contribution in [0.5, 0.6) is 0 Å². The number of hydrogen-bond donors (Lipinski definition) is 1. The minimum absolute atomic E-state index is 0.0586. The van der Waals surface area contributed by atoms with Crippen molar-refractivity contribution in [1.82, 2.24) is 0 Å². The lowest BCUT2D eigenvalue weighted by atomic mass is 9.82. The summed E-state index contributed by atoms with van der Waals surface area (Å²) in [6.45, 7) is 2.02. The van der Waals surface area contributed by atoms with Gasteiger partial charge < -0.3 is 20.0 Å². The zero-order chi connectivity index (χ0) is 17.3. The molecule has 3 rings (SSSR count). The number of nitrogens with one attached hydrogen (secondary N) is 1. The average Bonchev–Trinajstić information content (AvgIpc) is 3.16. The number of ether oxygens (including phenoxy) is 1. The fourth-order valence-corrected chi connectivity index (χ4v) is 3.63. The molecule has 0 saturated heterocycles. The van der Waals surface area contributed by atoms with Gasteiger partial charge in [-0.25, -0.2) is 4.79 Å². The summed E-state index contributed by atoms with van der Waals surface area (Å²) in [4.78, 5) is 35.5. The molecule has 1 aromatic rings. The first kappa shape index (κ1) is 16.2. The van der Waals surface area contributed by atoms with Gasteiger partial charge >= 0.3 is 5.97 Å². The number of carboxylic acid groups (broad SMARTS) is 1. The van der Waals surface area contributed by atoms with Crippen molar-refractivity contribution >= 4 is 23.5 Å². The highest BCUT2D eigenvalue weighted by atomic mass is 16.5. The van der Waals surface area contributed by atoms with E-state index in [2.05, 4.69) is 5.32 Å². The molecule has 4 unspecified atom stereocenters. The van der Waals surface area contributed by atoms with Gasteiger partial charge in [-0.05, 0) is 49.4 Å². The topological polar surface area (TPSA) is 95.5 Å². The van der Waals surface area contributed by atoms with Gasteiger partial charge in [0.15, 0.2) is 0 Å². The maximum Gasteiger partial charge on any atom is 0.338 e. The Kier molecular flexibility index (Phi) is 4.38. The molecular formula is C18H18NO5-. The number of aliphatic carboxylic acids is 1. The number of fused-ring (bicyclic) bond motifs is 2. The van der Waals surface area contributed by atoms with Crippen molar-refractivity contribution in [1.29, 1.82) is 0 Å². The molecule has 2 aliphatic rings. The van der Waals surface area contributed by atoms with E-state index in [1.165, 1.54) is 0 Å². The fraction of sp³-hybridized carbons (Fsp3) is 0.389. The lowest BCUT2D eigenvalue weighted by Crippen LogP contribution is -2.42. The number of esters is 1. The highest BCUT2D eigenvalue weighted by molar-refractivity contribution is 5.97. The van der Waals surface area contributed by atoms with Crippen molar-refractivity contribution in [3.63, 3.8) is 0 Å². The molecule has 1 aromatic carbocycles. The number of hydrogen-bond acceptors (Lipinski definition) is 5. The number of allylic oxidation sites excluding steroid dienone is 2. The third kappa shape index (κ3) is 2.91. The molecule has 24 heavy (non-hydrogen) atoms. The lowest BCUT2D eigenvalue weighted by Gasteiger charge is -2.27. The zero-order valence-electron chi connectivity index (χ0n) is 13.2. The van der Waals surface area contributed by atoms with Crippen LogP contribution >= 0.6 is 0 Å². The first-order valence-electron chi connectivity index (χ1n) is 7.98. The third-order valence-electron chi connectivity index (χ3n) is 4.70. The SMILES string of the molecule is CCOC(=O)c1ccc(NC(=O)C2C3C=CC(C3)C2C(=O)[O-])cc1. The molecule has 6 nitrogen and oxygen atoms in total. The number of carboxylic acids is 1. The van der Waals surface area contributed by atoms with Crippen molar-refractivity contribution in [2.24, 2.45) is 23.7 Å². The molecule has 2 bridgehead atoms. The Morgan fingerprint density at radius 1 is 1.12 bits per heavy atom. The number of anilines is 1. The van der Waals surface area contributed by atoms with Crippen LogP contribution in [0, 0.1) is 23.7 Å². The minimum atomic E-state index is -1.18. The molecule has 0 radical (unpaired) electrons. The molecule has 4 atom stereocenters. The van der Waals surface area contributed by atoms with Gasteiger partial charge in [-0.15, -0.1) is 0 Å². The first-order valence-corrected chi connectivity index (χ1v) is 7.98. The van der Waals surface area contributed by atoms with E-state index in [1.54, 1.807) is 31.2 Å². The summed E-state index contributed by atoms with van der Waals surface area (Å²) in [5.41, 5.74) is 0.905. The van der Waals surface area contributed by atoms with Gasteiger partial charge in [-0.2, -0.15) is 0 Å². The van der Waals surface area contributed by atoms with E-state index >= 15 is 0 Å². The van der Waals surface area contributed by atoms with E-state index in [1.807, 2.05) is 12.2 Å². The summed E-state index contributed by atoms with van der Waals surface area (Å²) in [5.74, 6) is -3.51. The first-order chi connectivity index (χ1) is 11.5. The van der Waals surface area contributed by atoms with Crippen molar-refractivity contribution in [2.45, 2.75) is 13.3 Å². The van der Waals surface area contributed by atoms with Crippen LogP contribution in [0.2, 0.25) is 0 Å². The molecule has 0 aromatic heterocycles. The van der Waals surface area contributed by atoms with Crippen molar-refractivity contribution in [3.05, 3.63) is 42.0 Å². The maximum absolute atomic E-state index is 12.5. The van der Waals surface area contributed by atoms with Crippen LogP contribution in [0.25, 0.3) is 0 Å². The molecule has 1 N–H and O–H groups in total. The Morgan fingerprint density at radius 3 is 2.33 bits per heavy atom. The largest absolute Gasteiger partial charge is 0.550 e. The second-order valence-electron chi connectivity index (χ2n) is 6.11. The van der Waals surface area contributed by atoms with Crippen molar-refractivity contribution in [2.75, 3.05) is 11.9 Å².